The molecule has 12 heteroatoms. The van der Waals surface area contributed by atoms with E-state index in [2.05, 4.69) is 10.2 Å². The number of aromatic nitrogens is 4. The SMILES string of the molecule is C[C@@](CCn1ccc(-c2ccc(-n3nccn3)cc2F)cc1=O)(C(=O)NO)S(C)(=O)=O. The molecule has 2 heterocycles. The Morgan fingerprint density at radius 2 is 1.90 bits per heavy atom. The summed E-state index contributed by atoms with van der Waals surface area (Å²) >= 11 is 0. The van der Waals surface area contributed by atoms with Crippen molar-refractivity contribution in [3.8, 4) is 16.8 Å². The number of halogens is 1. The van der Waals surface area contributed by atoms with Crippen LogP contribution in [0.15, 0.2) is 53.7 Å². The molecule has 1 aromatic carbocycles. The molecule has 3 aromatic rings. The van der Waals surface area contributed by atoms with Gasteiger partial charge in [0.2, 0.25) is 0 Å². The van der Waals surface area contributed by atoms with Crippen molar-refractivity contribution < 1.29 is 22.8 Å². The highest BCUT2D eigenvalue weighted by Gasteiger charge is 2.43. The summed E-state index contributed by atoms with van der Waals surface area (Å²) in [4.78, 5) is 25.7. The second-order valence-corrected chi connectivity index (χ2v) is 9.57. The highest BCUT2D eigenvalue weighted by Crippen LogP contribution is 2.24. The van der Waals surface area contributed by atoms with Gasteiger partial charge >= 0.3 is 0 Å². The number of pyridine rings is 1. The maximum atomic E-state index is 14.6. The van der Waals surface area contributed by atoms with E-state index in [1.165, 1.54) is 64.6 Å². The molecule has 0 bridgehead atoms. The number of amides is 1. The number of benzene rings is 1. The minimum atomic E-state index is -3.89. The molecule has 1 atom stereocenters. The van der Waals surface area contributed by atoms with Crippen LogP contribution >= 0.6 is 0 Å². The van der Waals surface area contributed by atoms with Gasteiger partial charge in [-0.25, -0.2) is 18.3 Å². The van der Waals surface area contributed by atoms with Gasteiger partial charge in [0, 0.05) is 36.7 Å². The highest BCUT2D eigenvalue weighted by atomic mass is 32.2. The van der Waals surface area contributed by atoms with Crippen molar-refractivity contribution in [3.63, 3.8) is 0 Å². The van der Waals surface area contributed by atoms with Crippen LogP contribution in [0.1, 0.15) is 13.3 Å². The van der Waals surface area contributed by atoms with Gasteiger partial charge in [0.1, 0.15) is 5.82 Å². The molecule has 0 saturated heterocycles. The summed E-state index contributed by atoms with van der Waals surface area (Å²) in [5.41, 5.74) is 1.80. The van der Waals surface area contributed by atoms with E-state index in [0.29, 0.717) is 11.3 Å². The Kier molecular flexibility index (Phi) is 6.04. The number of sulfone groups is 1. The maximum absolute atomic E-state index is 14.6. The zero-order valence-corrected chi connectivity index (χ0v) is 17.5. The topological polar surface area (TPSA) is 136 Å². The van der Waals surface area contributed by atoms with Crippen LogP contribution in [0.5, 0.6) is 0 Å². The average molecular weight is 449 g/mol. The lowest BCUT2D eigenvalue weighted by atomic mass is 10.0. The van der Waals surface area contributed by atoms with E-state index in [1.807, 2.05) is 0 Å². The molecule has 164 valence electrons. The molecular weight excluding hydrogens is 429 g/mol. The fourth-order valence-electron chi connectivity index (χ4n) is 2.99. The van der Waals surface area contributed by atoms with Gasteiger partial charge in [-0.05, 0) is 37.1 Å². The van der Waals surface area contributed by atoms with Gasteiger partial charge in [0.15, 0.2) is 14.6 Å². The Morgan fingerprint density at radius 1 is 1.23 bits per heavy atom. The molecule has 3 rings (SSSR count). The number of hydrogen-bond donors (Lipinski definition) is 2. The standard InChI is InChI=1S/C19H20FN5O5S/c1-19(18(27)23-28,31(2,29)30)6-10-24-9-5-13(11-17(24)26)15-4-3-14(12-16(15)20)25-21-7-8-22-25/h3-5,7-9,11-12,28H,6,10H2,1-2H3,(H,23,27)/t19-/m1/s1. The van der Waals surface area contributed by atoms with Crippen molar-refractivity contribution in [3.05, 3.63) is 65.1 Å². The van der Waals surface area contributed by atoms with Crippen LogP contribution in [0.25, 0.3) is 16.8 Å². The normalized spacial score (nSPS) is 13.5. The average Bonchev–Trinajstić information content (AvgIpc) is 3.26. The van der Waals surface area contributed by atoms with Crippen molar-refractivity contribution in [2.75, 3.05) is 6.26 Å². The number of hydrogen-bond acceptors (Lipinski definition) is 7. The molecule has 0 radical (unpaired) electrons. The second-order valence-electron chi connectivity index (χ2n) is 7.12. The van der Waals surface area contributed by atoms with Crippen molar-refractivity contribution in [2.24, 2.45) is 0 Å². The van der Waals surface area contributed by atoms with Crippen LogP contribution < -0.4 is 11.0 Å². The summed E-state index contributed by atoms with van der Waals surface area (Å²) in [6.45, 7) is 1.06. The predicted molar refractivity (Wildman–Crippen MR) is 109 cm³/mol. The molecule has 0 aliphatic carbocycles. The quantitative estimate of drug-likeness (QED) is 0.405. The lowest BCUT2D eigenvalue weighted by Crippen LogP contribution is -2.49. The predicted octanol–water partition coefficient (Wildman–Crippen LogP) is 0.934. The highest BCUT2D eigenvalue weighted by molar-refractivity contribution is 7.92. The fraction of sp³-hybridized carbons (Fsp3) is 0.263. The van der Waals surface area contributed by atoms with Gasteiger partial charge in [0.05, 0.1) is 18.1 Å². The van der Waals surface area contributed by atoms with Crippen molar-refractivity contribution in [2.45, 2.75) is 24.6 Å². The van der Waals surface area contributed by atoms with Crippen LogP contribution in [0, 0.1) is 5.82 Å². The van der Waals surface area contributed by atoms with Gasteiger partial charge in [-0.2, -0.15) is 15.0 Å². The summed E-state index contributed by atoms with van der Waals surface area (Å²) in [6.07, 6.45) is 4.94. The molecular formula is C19H20FN5O5S. The van der Waals surface area contributed by atoms with Gasteiger partial charge in [-0.15, -0.1) is 0 Å². The first-order chi connectivity index (χ1) is 14.6. The second kappa shape index (κ2) is 8.40. The summed E-state index contributed by atoms with van der Waals surface area (Å²) in [7, 11) is -3.89. The third kappa shape index (κ3) is 4.39. The third-order valence-electron chi connectivity index (χ3n) is 5.14. The first kappa shape index (κ1) is 22.3. The minimum Gasteiger partial charge on any atom is -0.315 e. The van der Waals surface area contributed by atoms with Crippen LogP contribution in [0.2, 0.25) is 0 Å². The molecule has 0 aliphatic heterocycles. The number of nitrogens with zero attached hydrogens (tertiary/aromatic N) is 4. The largest absolute Gasteiger partial charge is 0.315 e. The van der Waals surface area contributed by atoms with E-state index in [9.17, 15) is 22.4 Å². The molecule has 0 unspecified atom stereocenters. The van der Waals surface area contributed by atoms with Gasteiger partial charge in [0.25, 0.3) is 11.5 Å². The molecule has 1 amide bonds. The van der Waals surface area contributed by atoms with Crippen LogP contribution in [0.4, 0.5) is 4.39 Å². The number of carbonyl (C=O) groups is 1. The van der Waals surface area contributed by atoms with E-state index in [1.54, 1.807) is 6.07 Å². The summed E-state index contributed by atoms with van der Waals surface area (Å²) in [5, 5.41) is 16.7. The molecule has 10 nitrogen and oxygen atoms in total. The lowest BCUT2D eigenvalue weighted by Gasteiger charge is -2.25. The first-order valence-corrected chi connectivity index (χ1v) is 11.0. The Hall–Kier alpha value is -3.38. The number of aryl methyl sites for hydroxylation is 1. The fourth-order valence-corrected chi connectivity index (χ4v) is 3.84. The molecule has 2 N–H and O–H groups in total. The van der Waals surface area contributed by atoms with Crippen LogP contribution in [-0.4, -0.2) is 50.1 Å². The summed E-state index contributed by atoms with van der Waals surface area (Å²) < 4.78 is 38.0. The van der Waals surface area contributed by atoms with Crippen LogP contribution in [-0.2, 0) is 21.2 Å². The van der Waals surface area contributed by atoms with Gasteiger partial charge in [-0.3, -0.25) is 14.8 Å². The smallest absolute Gasteiger partial charge is 0.264 e. The van der Waals surface area contributed by atoms with E-state index in [4.69, 9.17) is 5.21 Å². The van der Waals surface area contributed by atoms with E-state index >= 15 is 0 Å². The molecule has 0 aliphatic rings. The summed E-state index contributed by atoms with van der Waals surface area (Å²) in [6, 6.07) is 7.07. The zero-order valence-electron chi connectivity index (χ0n) is 16.7. The maximum Gasteiger partial charge on any atom is 0.264 e. The molecule has 0 spiro atoms. The van der Waals surface area contributed by atoms with E-state index < -0.39 is 31.9 Å². The van der Waals surface area contributed by atoms with Gasteiger partial charge < -0.3 is 4.57 Å². The Labute approximate surface area is 176 Å². The third-order valence-corrected chi connectivity index (χ3v) is 7.17. The number of nitrogens with one attached hydrogen (secondary N) is 1. The van der Waals surface area contributed by atoms with Gasteiger partial charge in [-0.1, -0.05) is 0 Å². The van der Waals surface area contributed by atoms with Crippen LogP contribution in [0.3, 0.4) is 0 Å². The molecule has 0 saturated carbocycles. The minimum absolute atomic E-state index is 0.109. The Morgan fingerprint density at radius 3 is 2.45 bits per heavy atom. The monoisotopic (exact) mass is 449 g/mol. The molecule has 2 aromatic heterocycles. The Bertz CT molecular complexity index is 1270. The van der Waals surface area contributed by atoms with E-state index in [0.717, 1.165) is 6.26 Å². The Balaban J connectivity index is 1.85. The van der Waals surface area contributed by atoms with Crippen molar-refractivity contribution >= 4 is 15.7 Å². The molecule has 31 heavy (non-hydrogen) atoms. The van der Waals surface area contributed by atoms with E-state index in [-0.39, 0.29) is 18.5 Å². The molecule has 0 fully saturated rings. The summed E-state index contributed by atoms with van der Waals surface area (Å²) in [5.74, 6) is -1.66. The first-order valence-electron chi connectivity index (χ1n) is 9.08. The number of carbonyl (C=O) groups excluding carboxylic acids is 1. The van der Waals surface area contributed by atoms with Crippen molar-refractivity contribution in [1.82, 2.24) is 25.0 Å². The van der Waals surface area contributed by atoms with Crippen molar-refractivity contribution in [1.29, 1.82) is 0 Å². The number of hydroxylamine groups is 1. The lowest BCUT2D eigenvalue weighted by molar-refractivity contribution is -0.131. The zero-order chi connectivity index (χ0) is 22.8. The number of rotatable bonds is 7.